The van der Waals surface area contributed by atoms with Crippen molar-refractivity contribution in [1.82, 2.24) is 19.4 Å². The maximum Gasteiger partial charge on any atom is 0.243 e. The van der Waals surface area contributed by atoms with Gasteiger partial charge in [0.2, 0.25) is 15.9 Å². The summed E-state index contributed by atoms with van der Waals surface area (Å²) in [6, 6.07) is 10.8. The molecule has 0 saturated carbocycles. The highest BCUT2D eigenvalue weighted by Crippen LogP contribution is 2.24. The number of aryl methyl sites for hydroxylation is 1. The number of hydrogen-bond donors (Lipinski definition) is 1. The van der Waals surface area contributed by atoms with Gasteiger partial charge in [0.25, 0.3) is 0 Å². The maximum atomic E-state index is 12.9. The standard InChI is InChI=1S/C24H34N4O4S/c1-20-7-9-21(10-8-20)33(30,31)28-15-13-26(14-16-28)19-24(29)25-18-22(23-6-5-17-32-23)27-11-3-2-4-12-27/h5-10,17,22H,2-4,11-16,18-19H2,1H3,(H,25,29)/t22-/m0/s1. The molecule has 1 aromatic heterocycles. The molecule has 1 aromatic carbocycles. The lowest BCUT2D eigenvalue weighted by Gasteiger charge is -2.35. The molecule has 1 amide bonds. The molecule has 2 aliphatic rings. The number of piperazine rings is 1. The van der Waals surface area contributed by atoms with Crippen LogP contribution in [-0.4, -0.2) is 80.8 Å². The van der Waals surface area contributed by atoms with Gasteiger partial charge < -0.3 is 9.73 Å². The van der Waals surface area contributed by atoms with E-state index in [1.165, 1.54) is 23.6 Å². The zero-order chi connectivity index (χ0) is 23.3. The van der Waals surface area contributed by atoms with E-state index in [9.17, 15) is 13.2 Å². The van der Waals surface area contributed by atoms with E-state index < -0.39 is 10.0 Å². The normalized spacial score (nSPS) is 19.9. The first-order valence-corrected chi connectivity index (χ1v) is 13.2. The highest BCUT2D eigenvalue weighted by atomic mass is 32.2. The van der Waals surface area contributed by atoms with Crippen LogP contribution in [0.1, 0.15) is 36.6 Å². The van der Waals surface area contributed by atoms with Crippen LogP contribution in [0.2, 0.25) is 0 Å². The molecule has 8 nitrogen and oxygen atoms in total. The number of amides is 1. The Hall–Kier alpha value is -2.20. The molecule has 33 heavy (non-hydrogen) atoms. The fourth-order valence-electron chi connectivity index (χ4n) is 4.58. The van der Waals surface area contributed by atoms with E-state index in [0.29, 0.717) is 37.6 Å². The maximum absolute atomic E-state index is 12.9. The molecular formula is C24H34N4O4S. The van der Waals surface area contributed by atoms with Crippen LogP contribution < -0.4 is 5.32 Å². The van der Waals surface area contributed by atoms with Crippen LogP contribution in [0.15, 0.2) is 52.0 Å². The van der Waals surface area contributed by atoms with Gasteiger partial charge in [0.1, 0.15) is 5.76 Å². The first kappa shape index (κ1) is 23.9. The van der Waals surface area contributed by atoms with Gasteiger partial charge in [-0.05, 0) is 57.1 Å². The smallest absolute Gasteiger partial charge is 0.243 e. The molecule has 1 atom stereocenters. The van der Waals surface area contributed by atoms with Crippen LogP contribution in [0, 0.1) is 6.92 Å². The van der Waals surface area contributed by atoms with Crippen LogP contribution in [0.25, 0.3) is 0 Å². The number of hydrogen-bond acceptors (Lipinski definition) is 6. The zero-order valence-corrected chi connectivity index (χ0v) is 20.1. The third kappa shape index (κ3) is 6.03. The number of nitrogens with one attached hydrogen (secondary N) is 1. The van der Waals surface area contributed by atoms with Crippen LogP contribution in [0.3, 0.4) is 0 Å². The third-order valence-electron chi connectivity index (χ3n) is 6.55. The number of carbonyl (C=O) groups is 1. The number of furan rings is 1. The Kier molecular flexibility index (Phi) is 7.85. The van der Waals surface area contributed by atoms with Crippen molar-refractivity contribution in [3.05, 3.63) is 54.0 Å². The summed E-state index contributed by atoms with van der Waals surface area (Å²) < 4.78 is 32.9. The molecule has 0 bridgehead atoms. The van der Waals surface area contributed by atoms with Crippen molar-refractivity contribution in [2.75, 3.05) is 52.4 Å². The van der Waals surface area contributed by atoms with Crippen LogP contribution >= 0.6 is 0 Å². The van der Waals surface area contributed by atoms with Gasteiger partial charge in [-0.3, -0.25) is 14.6 Å². The van der Waals surface area contributed by atoms with E-state index in [1.54, 1.807) is 18.4 Å². The second-order valence-corrected chi connectivity index (χ2v) is 10.9. The quantitative estimate of drug-likeness (QED) is 0.632. The molecule has 2 aromatic rings. The fourth-order valence-corrected chi connectivity index (χ4v) is 6.00. The van der Waals surface area contributed by atoms with Crippen molar-refractivity contribution in [3.63, 3.8) is 0 Å². The van der Waals surface area contributed by atoms with Gasteiger partial charge in [-0.2, -0.15) is 4.31 Å². The lowest BCUT2D eigenvalue weighted by molar-refractivity contribution is -0.122. The average molecular weight is 475 g/mol. The van der Waals surface area contributed by atoms with E-state index in [0.717, 1.165) is 24.4 Å². The lowest BCUT2D eigenvalue weighted by Crippen LogP contribution is -2.51. The molecule has 2 fully saturated rings. The molecule has 180 valence electrons. The summed E-state index contributed by atoms with van der Waals surface area (Å²) in [5.41, 5.74) is 1.03. The van der Waals surface area contributed by atoms with Crippen molar-refractivity contribution in [1.29, 1.82) is 0 Å². The Bertz CT molecular complexity index is 994. The first-order chi connectivity index (χ1) is 15.9. The van der Waals surface area contributed by atoms with E-state index >= 15 is 0 Å². The average Bonchev–Trinajstić information content (AvgIpc) is 3.35. The number of rotatable bonds is 8. The third-order valence-corrected chi connectivity index (χ3v) is 8.47. The minimum Gasteiger partial charge on any atom is -0.468 e. The number of nitrogens with zero attached hydrogens (tertiary/aromatic N) is 3. The summed E-state index contributed by atoms with van der Waals surface area (Å²) in [5.74, 6) is 0.838. The second-order valence-electron chi connectivity index (χ2n) is 8.93. The Morgan fingerprint density at radius 2 is 1.70 bits per heavy atom. The SMILES string of the molecule is Cc1ccc(S(=O)(=O)N2CCN(CC(=O)NC[C@@H](c3ccco3)N3CCCCC3)CC2)cc1. The number of piperidine rings is 1. The molecule has 0 aliphatic carbocycles. The summed E-state index contributed by atoms with van der Waals surface area (Å²) in [5, 5.41) is 3.07. The summed E-state index contributed by atoms with van der Waals surface area (Å²) in [7, 11) is -3.50. The molecule has 0 radical (unpaired) electrons. The zero-order valence-electron chi connectivity index (χ0n) is 19.3. The number of benzene rings is 1. The summed E-state index contributed by atoms with van der Waals surface area (Å²) in [6.45, 7) is 6.56. The Balaban J connectivity index is 1.27. The minimum atomic E-state index is -3.50. The summed E-state index contributed by atoms with van der Waals surface area (Å²) in [6.07, 6.45) is 5.26. The van der Waals surface area contributed by atoms with Gasteiger partial charge in [-0.25, -0.2) is 8.42 Å². The summed E-state index contributed by atoms with van der Waals surface area (Å²) in [4.78, 5) is 17.4. The Labute approximate surface area is 196 Å². The van der Waals surface area contributed by atoms with Crippen LogP contribution in [0.5, 0.6) is 0 Å². The highest BCUT2D eigenvalue weighted by Gasteiger charge is 2.29. The Morgan fingerprint density at radius 3 is 2.33 bits per heavy atom. The molecule has 0 unspecified atom stereocenters. The number of likely N-dealkylation sites (tertiary alicyclic amines) is 1. The van der Waals surface area contributed by atoms with Gasteiger partial charge >= 0.3 is 0 Å². The number of carbonyl (C=O) groups excluding carboxylic acids is 1. The molecule has 0 spiro atoms. The molecule has 9 heteroatoms. The fraction of sp³-hybridized carbons (Fsp3) is 0.542. The second kappa shape index (κ2) is 10.8. The van der Waals surface area contributed by atoms with Gasteiger partial charge in [0.15, 0.2) is 0 Å². The van der Waals surface area contributed by atoms with Crippen molar-refractivity contribution < 1.29 is 17.6 Å². The molecule has 2 saturated heterocycles. The van der Waals surface area contributed by atoms with Crippen LogP contribution in [0.4, 0.5) is 0 Å². The van der Waals surface area contributed by atoms with Crippen molar-refractivity contribution in [2.45, 2.75) is 37.1 Å². The largest absolute Gasteiger partial charge is 0.468 e. The predicted molar refractivity (Wildman–Crippen MR) is 126 cm³/mol. The molecule has 1 N–H and O–H groups in total. The number of sulfonamides is 1. The van der Waals surface area contributed by atoms with Crippen molar-refractivity contribution >= 4 is 15.9 Å². The van der Waals surface area contributed by atoms with Crippen LogP contribution in [-0.2, 0) is 14.8 Å². The predicted octanol–water partition coefficient (Wildman–Crippen LogP) is 2.24. The van der Waals surface area contributed by atoms with E-state index in [1.807, 2.05) is 36.1 Å². The monoisotopic (exact) mass is 474 g/mol. The molecular weight excluding hydrogens is 440 g/mol. The van der Waals surface area contributed by atoms with Gasteiger partial charge in [-0.15, -0.1) is 0 Å². The van der Waals surface area contributed by atoms with E-state index in [4.69, 9.17) is 4.42 Å². The van der Waals surface area contributed by atoms with Crippen molar-refractivity contribution in [3.8, 4) is 0 Å². The van der Waals surface area contributed by atoms with E-state index in [2.05, 4.69) is 10.2 Å². The van der Waals surface area contributed by atoms with Gasteiger partial charge in [0, 0.05) is 32.7 Å². The Morgan fingerprint density at radius 1 is 1.00 bits per heavy atom. The molecule has 4 rings (SSSR count). The molecule has 2 aliphatic heterocycles. The van der Waals surface area contributed by atoms with Gasteiger partial charge in [0.05, 0.1) is 23.7 Å². The van der Waals surface area contributed by atoms with E-state index in [-0.39, 0.29) is 18.5 Å². The summed E-state index contributed by atoms with van der Waals surface area (Å²) >= 11 is 0. The van der Waals surface area contributed by atoms with Crippen molar-refractivity contribution in [2.24, 2.45) is 0 Å². The first-order valence-electron chi connectivity index (χ1n) is 11.8. The lowest BCUT2D eigenvalue weighted by atomic mass is 10.1. The highest BCUT2D eigenvalue weighted by molar-refractivity contribution is 7.89. The molecule has 3 heterocycles. The minimum absolute atomic E-state index is 0.0424. The topological polar surface area (TPSA) is 86.1 Å². The van der Waals surface area contributed by atoms with Gasteiger partial charge in [-0.1, -0.05) is 24.1 Å².